The van der Waals surface area contributed by atoms with E-state index in [2.05, 4.69) is 19.9 Å². The van der Waals surface area contributed by atoms with Gasteiger partial charge in [-0.05, 0) is 68.6 Å². The van der Waals surface area contributed by atoms with Crippen LogP contribution in [0.15, 0.2) is 54.1 Å². The number of benzene rings is 1. The van der Waals surface area contributed by atoms with E-state index < -0.39 is 15.0 Å². The number of halogens is 1. The molecular formula is C26H29ClO3S. The van der Waals surface area contributed by atoms with Crippen LogP contribution in [-0.4, -0.2) is 25.9 Å². The quantitative estimate of drug-likeness (QED) is 0.457. The Morgan fingerprint density at radius 1 is 1.16 bits per heavy atom. The summed E-state index contributed by atoms with van der Waals surface area (Å²) >= 11 is 7.36. The van der Waals surface area contributed by atoms with Gasteiger partial charge in [0.25, 0.3) is 0 Å². The van der Waals surface area contributed by atoms with Crippen molar-refractivity contribution < 1.29 is 13.7 Å². The molecule has 0 radical (unpaired) electrons. The number of alkyl halides is 1. The van der Waals surface area contributed by atoms with E-state index in [0.29, 0.717) is 17.6 Å². The number of rotatable bonds is 3. The molecule has 0 aromatic heterocycles. The molecule has 1 aromatic carbocycles. The number of ether oxygens (including phenoxy) is 1. The van der Waals surface area contributed by atoms with Crippen molar-refractivity contribution in [3.63, 3.8) is 0 Å². The molecule has 0 N–H and O–H groups in total. The van der Waals surface area contributed by atoms with Crippen molar-refractivity contribution in [3.05, 3.63) is 59.7 Å². The molecule has 4 aliphatic carbocycles. The zero-order valence-corrected chi connectivity index (χ0v) is 19.7. The molecule has 1 aliphatic heterocycles. The summed E-state index contributed by atoms with van der Waals surface area (Å²) in [6, 6.07) is 10.1. The van der Waals surface area contributed by atoms with Gasteiger partial charge in [-0.2, -0.15) is 0 Å². The smallest absolute Gasteiger partial charge is 0.178 e. The lowest BCUT2D eigenvalue weighted by Gasteiger charge is -2.55. The van der Waals surface area contributed by atoms with Crippen molar-refractivity contribution in [2.45, 2.75) is 67.6 Å². The number of fused-ring (bicyclic) bond motifs is 3. The number of hydrogen-bond donors (Lipinski definition) is 0. The van der Waals surface area contributed by atoms with Crippen LogP contribution < -0.4 is 0 Å². The first kappa shape index (κ1) is 20.4. The Labute approximate surface area is 191 Å². The molecule has 3 nitrogen and oxygen atoms in total. The predicted molar refractivity (Wildman–Crippen MR) is 123 cm³/mol. The van der Waals surface area contributed by atoms with Crippen LogP contribution in [0.3, 0.4) is 0 Å². The Morgan fingerprint density at radius 2 is 1.94 bits per heavy atom. The molecule has 6 rings (SSSR count). The van der Waals surface area contributed by atoms with E-state index in [1.165, 1.54) is 5.57 Å². The van der Waals surface area contributed by atoms with Crippen LogP contribution in [0.5, 0.6) is 0 Å². The fourth-order valence-corrected chi connectivity index (χ4v) is 10.1. The SMILES string of the molecule is C[C@]12C=CC(=O)C=C1CC[C@H]1[C@@H]3CC[C@](Cl)(S(=O)Cc4ccccc4)[C@@]3(C)C[C@@H]3O[C@@]312. The van der Waals surface area contributed by atoms with E-state index in [1.807, 2.05) is 36.4 Å². The lowest BCUT2D eigenvalue weighted by atomic mass is 9.48. The van der Waals surface area contributed by atoms with Crippen LogP contribution in [0.25, 0.3) is 0 Å². The van der Waals surface area contributed by atoms with Gasteiger partial charge < -0.3 is 4.74 Å². The van der Waals surface area contributed by atoms with Gasteiger partial charge in [0.05, 0.1) is 11.9 Å². The van der Waals surface area contributed by atoms with Gasteiger partial charge in [0, 0.05) is 21.6 Å². The highest BCUT2D eigenvalue weighted by atomic mass is 35.5. The van der Waals surface area contributed by atoms with Gasteiger partial charge in [0.2, 0.25) is 0 Å². The Kier molecular flexibility index (Phi) is 4.22. The molecule has 1 unspecified atom stereocenters. The summed E-state index contributed by atoms with van der Waals surface area (Å²) in [6.07, 6.45) is 10.4. The highest BCUT2D eigenvalue weighted by molar-refractivity contribution is 7.87. The summed E-state index contributed by atoms with van der Waals surface area (Å²) in [7, 11) is -1.16. The fraction of sp³-hybridized carbons (Fsp3) is 0.577. The number of ketones is 1. The van der Waals surface area contributed by atoms with Crippen molar-refractivity contribution >= 4 is 28.2 Å². The van der Waals surface area contributed by atoms with Gasteiger partial charge in [-0.3, -0.25) is 9.00 Å². The van der Waals surface area contributed by atoms with E-state index in [-0.39, 0.29) is 28.3 Å². The standard InChI is InChI=1S/C26H29ClO3S/c1-23-12-10-19(28)14-18(23)8-9-21-20-11-13-25(27,24(20,2)15-22-26(21,23)30-22)31(29)16-17-6-4-3-5-7-17/h3-7,10,12,14,20-22H,8-9,11,13,15-16H2,1-2H3/t20-,21-,22-,23-,24-,25-,26+,31?/m0/s1. The van der Waals surface area contributed by atoms with Crippen molar-refractivity contribution in [1.82, 2.24) is 0 Å². The molecule has 1 heterocycles. The number of carbonyl (C=O) groups is 1. The highest BCUT2D eigenvalue weighted by Crippen LogP contribution is 2.76. The minimum absolute atomic E-state index is 0.0946. The summed E-state index contributed by atoms with van der Waals surface area (Å²) in [5.74, 6) is 1.39. The molecule has 164 valence electrons. The largest absolute Gasteiger partial charge is 0.364 e. The zero-order valence-electron chi connectivity index (χ0n) is 18.1. The molecule has 0 amide bonds. The van der Waals surface area contributed by atoms with E-state index in [9.17, 15) is 9.00 Å². The van der Waals surface area contributed by atoms with Crippen LogP contribution in [0.4, 0.5) is 0 Å². The van der Waals surface area contributed by atoms with E-state index in [4.69, 9.17) is 16.3 Å². The second kappa shape index (κ2) is 6.42. The minimum atomic E-state index is -1.16. The summed E-state index contributed by atoms with van der Waals surface area (Å²) < 4.78 is 19.6. The van der Waals surface area contributed by atoms with Crippen LogP contribution in [-0.2, 0) is 26.1 Å². The van der Waals surface area contributed by atoms with E-state index >= 15 is 0 Å². The Hall–Kier alpha value is -1.23. The third-order valence-corrected chi connectivity index (χ3v) is 12.6. The summed E-state index contributed by atoms with van der Waals surface area (Å²) in [5, 5.41) is 0. The molecule has 1 saturated heterocycles. The normalized spacial score (nSPS) is 48.2. The third-order valence-electron chi connectivity index (χ3n) is 9.45. The molecule has 1 spiro atoms. The fourth-order valence-electron chi connectivity index (χ4n) is 7.80. The van der Waals surface area contributed by atoms with E-state index in [1.54, 1.807) is 6.08 Å². The first-order valence-electron chi connectivity index (χ1n) is 11.5. The van der Waals surface area contributed by atoms with Crippen LogP contribution in [0, 0.1) is 22.7 Å². The lowest BCUT2D eigenvalue weighted by Crippen LogP contribution is -2.59. The molecule has 31 heavy (non-hydrogen) atoms. The topological polar surface area (TPSA) is 46.7 Å². The summed E-state index contributed by atoms with van der Waals surface area (Å²) in [4.78, 5) is 12.0. The Bertz CT molecular complexity index is 1050. The van der Waals surface area contributed by atoms with Crippen LogP contribution in [0.2, 0.25) is 0 Å². The average molecular weight is 457 g/mol. The van der Waals surface area contributed by atoms with Crippen molar-refractivity contribution in [3.8, 4) is 0 Å². The molecule has 0 bridgehead atoms. The summed E-state index contributed by atoms with van der Waals surface area (Å²) in [5.41, 5.74) is 1.66. The number of epoxide rings is 1. The van der Waals surface area contributed by atoms with Gasteiger partial charge >= 0.3 is 0 Å². The van der Waals surface area contributed by atoms with Crippen LogP contribution in [0.1, 0.15) is 51.5 Å². The number of hydrogen-bond acceptors (Lipinski definition) is 3. The Morgan fingerprint density at radius 3 is 2.71 bits per heavy atom. The van der Waals surface area contributed by atoms with Gasteiger partial charge in [-0.25, -0.2) is 0 Å². The Balaban J connectivity index is 1.34. The van der Waals surface area contributed by atoms with Gasteiger partial charge in [0.15, 0.2) is 5.78 Å². The first-order chi connectivity index (χ1) is 14.7. The van der Waals surface area contributed by atoms with Gasteiger partial charge in [0.1, 0.15) is 9.81 Å². The monoisotopic (exact) mass is 456 g/mol. The number of carbonyl (C=O) groups excluding carboxylic acids is 1. The average Bonchev–Trinajstić information content (AvgIpc) is 3.40. The minimum Gasteiger partial charge on any atom is -0.364 e. The van der Waals surface area contributed by atoms with Crippen molar-refractivity contribution in [1.29, 1.82) is 0 Å². The third kappa shape index (κ3) is 2.45. The molecule has 4 fully saturated rings. The maximum Gasteiger partial charge on any atom is 0.178 e. The molecule has 8 atom stereocenters. The van der Waals surface area contributed by atoms with Crippen molar-refractivity contribution in [2.24, 2.45) is 22.7 Å². The molecule has 5 aliphatic rings. The molecular weight excluding hydrogens is 428 g/mol. The summed E-state index contributed by atoms with van der Waals surface area (Å²) in [6.45, 7) is 4.53. The van der Waals surface area contributed by atoms with Crippen molar-refractivity contribution in [2.75, 3.05) is 0 Å². The molecule has 5 heteroatoms. The molecule has 3 saturated carbocycles. The van der Waals surface area contributed by atoms with Gasteiger partial charge in [-0.15, -0.1) is 11.6 Å². The highest BCUT2D eigenvalue weighted by Gasteiger charge is 2.80. The molecule has 1 aromatic rings. The van der Waals surface area contributed by atoms with E-state index in [0.717, 1.165) is 37.7 Å². The van der Waals surface area contributed by atoms with Crippen LogP contribution >= 0.6 is 11.6 Å². The number of allylic oxidation sites excluding steroid dienone is 2. The second-order valence-electron chi connectivity index (χ2n) is 10.6. The van der Waals surface area contributed by atoms with Gasteiger partial charge in [-0.1, -0.05) is 48.9 Å². The zero-order chi connectivity index (χ0) is 21.6. The lowest BCUT2D eigenvalue weighted by molar-refractivity contribution is -0.111. The maximum atomic E-state index is 13.7. The second-order valence-corrected chi connectivity index (χ2v) is 13.2. The predicted octanol–water partition coefficient (Wildman–Crippen LogP) is 5.31. The first-order valence-corrected chi connectivity index (χ1v) is 13.2. The maximum absolute atomic E-state index is 13.7.